The van der Waals surface area contributed by atoms with E-state index in [-0.39, 0.29) is 36.2 Å². The number of nitrogens with one attached hydrogen (secondary N) is 2. The number of esters is 1. The normalized spacial score (nSPS) is 11.1. The standard InChI is InChI=1S/C26H28N2O5S/c1-2-33-26(30)18-21-8-13-23(14-9-21)28-25(29)17-12-20-10-15-24(16-11-20)34(31,32)27-19-22-6-4-3-5-7-22/h3-11,13-16,27H,2,12,17-19H2,1H3,(H,28,29). The molecule has 2 N–H and O–H groups in total. The predicted molar refractivity (Wildman–Crippen MR) is 131 cm³/mol. The molecular weight excluding hydrogens is 452 g/mol. The number of anilines is 1. The zero-order valence-corrected chi connectivity index (χ0v) is 19.8. The molecule has 0 aliphatic carbocycles. The average Bonchev–Trinajstić information content (AvgIpc) is 2.84. The Morgan fingerprint density at radius 2 is 1.47 bits per heavy atom. The van der Waals surface area contributed by atoms with Crippen LogP contribution in [0.15, 0.2) is 83.8 Å². The molecule has 178 valence electrons. The van der Waals surface area contributed by atoms with Crippen LogP contribution in [0, 0.1) is 0 Å². The van der Waals surface area contributed by atoms with Crippen molar-refractivity contribution in [1.82, 2.24) is 4.72 Å². The molecular formula is C26H28N2O5S. The van der Waals surface area contributed by atoms with Gasteiger partial charge in [0.2, 0.25) is 15.9 Å². The van der Waals surface area contributed by atoms with E-state index in [9.17, 15) is 18.0 Å². The van der Waals surface area contributed by atoms with E-state index in [1.807, 2.05) is 30.3 Å². The maximum Gasteiger partial charge on any atom is 0.310 e. The Labute approximate surface area is 200 Å². The largest absolute Gasteiger partial charge is 0.466 e. The van der Waals surface area contributed by atoms with Crippen LogP contribution in [0.25, 0.3) is 0 Å². The second-order valence-corrected chi connectivity index (χ2v) is 9.45. The number of aryl methyl sites for hydroxylation is 1. The van der Waals surface area contributed by atoms with Gasteiger partial charge in [0, 0.05) is 18.7 Å². The number of ether oxygens (including phenoxy) is 1. The van der Waals surface area contributed by atoms with Gasteiger partial charge in [-0.15, -0.1) is 0 Å². The van der Waals surface area contributed by atoms with Gasteiger partial charge in [0.05, 0.1) is 17.9 Å². The van der Waals surface area contributed by atoms with E-state index in [0.29, 0.717) is 18.7 Å². The van der Waals surface area contributed by atoms with Crippen molar-refractivity contribution >= 4 is 27.6 Å². The molecule has 0 radical (unpaired) electrons. The summed E-state index contributed by atoms with van der Waals surface area (Å²) in [5, 5.41) is 2.82. The summed E-state index contributed by atoms with van der Waals surface area (Å²) in [7, 11) is -3.62. The highest BCUT2D eigenvalue weighted by molar-refractivity contribution is 7.89. The molecule has 0 heterocycles. The fourth-order valence-corrected chi connectivity index (χ4v) is 4.28. The van der Waals surface area contributed by atoms with E-state index >= 15 is 0 Å². The molecule has 0 unspecified atom stereocenters. The third-order valence-electron chi connectivity index (χ3n) is 5.08. The Balaban J connectivity index is 1.47. The van der Waals surface area contributed by atoms with Crippen LogP contribution in [-0.4, -0.2) is 26.9 Å². The van der Waals surface area contributed by atoms with E-state index < -0.39 is 10.0 Å². The molecule has 0 spiro atoms. The van der Waals surface area contributed by atoms with E-state index in [2.05, 4.69) is 10.0 Å². The second kappa shape index (κ2) is 12.1. The van der Waals surface area contributed by atoms with Gasteiger partial charge in [0.1, 0.15) is 0 Å². The summed E-state index contributed by atoms with van der Waals surface area (Å²) >= 11 is 0. The van der Waals surface area contributed by atoms with Crippen molar-refractivity contribution in [2.45, 2.75) is 37.6 Å². The zero-order valence-electron chi connectivity index (χ0n) is 19.0. The average molecular weight is 481 g/mol. The third kappa shape index (κ3) is 7.83. The molecule has 0 aromatic heterocycles. The van der Waals surface area contributed by atoms with E-state index in [1.54, 1.807) is 55.5 Å². The third-order valence-corrected chi connectivity index (χ3v) is 6.49. The van der Waals surface area contributed by atoms with Crippen molar-refractivity contribution in [2.24, 2.45) is 0 Å². The molecule has 0 aliphatic heterocycles. The van der Waals surface area contributed by atoms with Crippen molar-refractivity contribution in [2.75, 3.05) is 11.9 Å². The number of benzene rings is 3. The first kappa shape index (κ1) is 25.1. The first-order chi connectivity index (χ1) is 16.4. The Morgan fingerprint density at radius 3 is 2.12 bits per heavy atom. The van der Waals surface area contributed by atoms with Gasteiger partial charge in [-0.3, -0.25) is 9.59 Å². The Bertz CT molecular complexity index is 1190. The molecule has 7 nitrogen and oxygen atoms in total. The van der Waals surface area contributed by atoms with Gasteiger partial charge < -0.3 is 10.1 Å². The highest BCUT2D eigenvalue weighted by Gasteiger charge is 2.14. The molecule has 0 atom stereocenters. The Hall–Kier alpha value is -3.49. The number of hydrogen-bond acceptors (Lipinski definition) is 5. The van der Waals surface area contributed by atoms with Gasteiger partial charge >= 0.3 is 5.97 Å². The highest BCUT2D eigenvalue weighted by Crippen LogP contribution is 2.14. The topological polar surface area (TPSA) is 102 Å². The second-order valence-electron chi connectivity index (χ2n) is 7.68. The Morgan fingerprint density at radius 1 is 0.824 bits per heavy atom. The van der Waals surface area contributed by atoms with Gasteiger partial charge in [-0.05, 0) is 54.3 Å². The van der Waals surface area contributed by atoms with Crippen LogP contribution < -0.4 is 10.0 Å². The van der Waals surface area contributed by atoms with Crippen molar-refractivity contribution in [3.63, 3.8) is 0 Å². The van der Waals surface area contributed by atoms with Crippen LogP contribution in [0.2, 0.25) is 0 Å². The van der Waals surface area contributed by atoms with Gasteiger partial charge in [0.15, 0.2) is 0 Å². The van der Waals surface area contributed by atoms with Crippen LogP contribution in [0.1, 0.15) is 30.0 Å². The lowest BCUT2D eigenvalue weighted by Crippen LogP contribution is -2.23. The zero-order chi connectivity index (χ0) is 24.4. The maximum atomic E-state index is 12.5. The molecule has 0 aliphatic rings. The SMILES string of the molecule is CCOC(=O)Cc1ccc(NC(=O)CCc2ccc(S(=O)(=O)NCc3ccccc3)cc2)cc1. The van der Waals surface area contributed by atoms with Crippen LogP contribution in [0.3, 0.4) is 0 Å². The highest BCUT2D eigenvalue weighted by atomic mass is 32.2. The van der Waals surface area contributed by atoms with Crippen molar-refractivity contribution in [1.29, 1.82) is 0 Å². The summed E-state index contributed by atoms with van der Waals surface area (Å²) < 4.78 is 32.5. The minimum atomic E-state index is -3.62. The van der Waals surface area contributed by atoms with Crippen LogP contribution >= 0.6 is 0 Å². The molecule has 0 bridgehead atoms. The van der Waals surface area contributed by atoms with Crippen LogP contribution in [-0.2, 0) is 43.7 Å². The Kier molecular flexibility index (Phi) is 8.95. The molecule has 0 saturated heterocycles. The first-order valence-electron chi connectivity index (χ1n) is 11.0. The van der Waals surface area contributed by atoms with Crippen molar-refractivity contribution < 1.29 is 22.7 Å². The summed E-state index contributed by atoms with van der Waals surface area (Å²) in [6.45, 7) is 2.32. The molecule has 0 fully saturated rings. The van der Waals surface area contributed by atoms with Gasteiger partial charge in [-0.1, -0.05) is 54.6 Å². The number of sulfonamides is 1. The monoisotopic (exact) mass is 480 g/mol. The number of carbonyl (C=O) groups excluding carboxylic acids is 2. The summed E-state index contributed by atoms with van der Waals surface area (Å²) in [6.07, 6.45) is 0.920. The molecule has 34 heavy (non-hydrogen) atoms. The molecule has 0 saturated carbocycles. The van der Waals surface area contributed by atoms with Crippen LogP contribution in [0.5, 0.6) is 0 Å². The lowest BCUT2D eigenvalue weighted by Gasteiger charge is -2.09. The summed E-state index contributed by atoms with van der Waals surface area (Å²) in [4.78, 5) is 24.0. The quantitative estimate of drug-likeness (QED) is 0.406. The summed E-state index contributed by atoms with van der Waals surface area (Å²) in [5.41, 5.74) is 3.19. The molecule has 3 aromatic rings. The number of carbonyl (C=O) groups is 2. The lowest BCUT2D eigenvalue weighted by molar-refractivity contribution is -0.142. The molecule has 8 heteroatoms. The molecule has 3 aromatic carbocycles. The van der Waals surface area contributed by atoms with Gasteiger partial charge in [-0.2, -0.15) is 0 Å². The van der Waals surface area contributed by atoms with E-state index in [4.69, 9.17) is 4.74 Å². The summed E-state index contributed by atoms with van der Waals surface area (Å²) in [5.74, 6) is -0.440. The number of rotatable bonds is 11. The minimum absolute atomic E-state index is 0.153. The lowest BCUT2D eigenvalue weighted by atomic mass is 10.1. The van der Waals surface area contributed by atoms with Gasteiger partial charge in [-0.25, -0.2) is 13.1 Å². The first-order valence-corrected chi connectivity index (χ1v) is 12.5. The van der Waals surface area contributed by atoms with E-state index in [1.165, 1.54) is 0 Å². The van der Waals surface area contributed by atoms with E-state index in [0.717, 1.165) is 16.7 Å². The molecule has 3 rings (SSSR count). The minimum Gasteiger partial charge on any atom is -0.466 e. The predicted octanol–water partition coefficient (Wildman–Crippen LogP) is 3.84. The summed E-state index contributed by atoms with van der Waals surface area (Å²) in [6, 6.07) is 22.9. The van der Waals surface area contributed by atoms with Gasteiger partial charge in [0.25, 0.3) is 0 Å². The number of hydrogen-bond donors (Lipinski definition) is 2. The van der Waals surface area contributed by atoms with Crippen molar-refractivity contribution in [3.8, 4) is 0 Å². The van der Waals surface area contributed by atoms with Crippen molar-refractivity contribution in [3.05, 3.63) is 95.6 Å². The molecule has 1 amide bonds. The smallest absolute Gasteiger partial charge is 0.310 e. The maximum absolute atomic E-state index is 12.5. The number of amides is 1. The fourth-order valence-electron chi connectivity index (χ4n) is 3.26. The fraction of sp³-hybridized carbons (Fsp3) is 0.231. The van der Waals surface area contributed by atoms with Crippen LogP contribution in [0.4, 0.5) is 5.69 Å².